The molecule has 18 heavy (non-hydrogen) atoms. The summed E-state index contributed by atoms with van der Waals surface area (Å²) in [5.41, 5.74) is 2.07. The van der Waals surface area contributed by atoms with Crippen LogP contribution in [0.15, 0.2) is 64.6 Å². The highest BCUT2D eigenvalue weighted by Crippen LogP contribution is 2.32. The first-order valence-corrected chi connectivity index (χ1v) is 6.60. The van der Waals surface area contributed by atoms with Crippen molar-refractivity contribution < 1.29 is 0 Å². The Labute approximate surface area is 110 Å². The molecule has 3 rings (SSSR count). The van der Waals surface area contributed by atoms with Gasteiger partial charge < -0.3 is 0 Å². The highest BCUT2D eigenvalue weighted by atomic mass is 32.2. The number of hydrogen-bond donors (Lipinski definition) is 0. The van der Waals surface area contributed by atoms with Crippen molar-refractivity contribution in [1.82, 2.24) is 9.97 Å². The third kappa shape index (κ3) is 2.22. The maximum absolute atomic E-state index is 4.54. The minimum absolute atomic E-state index is 1.01. The molecule has 0 saturated carbocycles. The molecule has 0 aliphatic carbocycles. The Morgan fingerprint density at radius 3 is 2.67 bits per heavy atom. The largest absolute Gasteiger partial charge is 0.253 e. The number of benzene rings is 1. The Kier molecular flexibility index (Phi) is 2.99. The van der Waals surface area contributed by atoms with Crippen LogP contribution in [-0.2, 0) is 0 Å². The van der Waals surface area contributed by atoms with Crippen LogP contribution in [-0.4, -0.2) is 9.97 Å². The number of nitrogens with zero attached hydrogens (tertiary/aromatic N) is 2. The van der Waals surface area contributed by atoms with Crippen molar-refractivity contribution in [3.05, 3.63) is 60.4 Å². The lowest BCUT2D eigenvalue weighted by atomic mass is 10.2. The average molecular weight is 252 g/mol. The van der Waals surface area contributed by atoms with Crippen LogP contribution in [0.25, 0.3) is 10.9 Å². The van der Waals surface area contributed by atoms with E-state index in [1.807, 2.05) is 49.5 Å². The summed E-state index contributed by atoms with van der Waals surface area (Å²) in [5.74, 6) is 0. The Morgan fingerprint density at radius 1 is 1.00 bits per heavy atom. The Bertz CT molecular complexity index is 680. The molecule has 1 aromatic carbocycles. The molecule has 3 aromatic rings. The van der Waals surface area contributed by atoms with Crippen LogP contribution in [0.4, 0.5) is 0 Å². The molecule has 0 amide bonds. The third-order valence-corrected chi connectivity index (χ3v) is 3.67. The number of aryl methyl sites for hydroxylation is 1. The van der Waals surface area contributed by atoms with Crippen LogP contribution in [0.2, 0.25) is 0 Å². The molecule has 88 valence electrons. The van der Waals surface area contributed by atoms with Gasteiger partial charge in [0, 0.05) is 22.2 Å². The molecule has 0 atom stereocenters. The van der Waals surface area contributed by atoms with Gasteiger partial charge in [-0.15, -0.1) is 0 Å². The molecule has 0 unspecified atom stereocenters. The molecule has 0 spiro atoms. The number of fused-ring (bicyclic) bond motifs is 1. The van der Waals surface area contributed by atoms with Crippen molar-refractivity contribution in [3.63, 3.8) is 0 Å². The van der Waals surface area contributed by atoms with E-state index < -0.39 is 0 Å². The second-order valence-corrected chi connectivity index (χ2v) is 5.11. The Balaban J connectivity index is 2.11. The molecule has 3 heteroatoms. The topological polar surface area (TPSA) is 25.8 Å². The fraction of sp³-hybridized carbons (Fsp3) is 0.0667. The first kappa shape index (κ1) is 11.2. The molecule has 2 nitrogen and oxygen atoms in total. The number of hydrogen-bond acceptors (Lipinski definition) is 3. The standard InChI is InChI=1S/C15H12N2S/c1-11-10-14(18-15-8-4-5-9-16-15)12-6-2-3-7-13(12)17-11/h2-10H,1H3. The maximum Gasteiger partial charge on any atom is 0.101 e. The summed E-state index contributed by atoms with van der Waals surface area (Å²) in [5, 5.41) is 2.19. The van der Waals surface area contributed by atoms with Crippen molar-refractivity contribution in [2.75, 3.05) is 0 Å². The minimum Gasteiger partial charge on any atom is -0.253 e. The Morgan fingerprint density at radius 2 is 1.83 bits per heavy atom. The molecule has 2 aromatic heterocycles. The van der Waals surface area contributed by atoms with E-state index in [9.17, 15) is 0 Å². The lowest BCUT2D eigenvalue weighted by molar-refractivity contribution is 1.13. The fourth-order valence-corrected chi connectivity index (χ4v) is 2.87. The van der Waals surface area contributed by atoms with E-state index in [1.54, 1.807) is 11.8 Å². The number of rotatable bonds is 2. The van der Waals surface area contributed by atoms with E-state index in [2.05, 4.69) is 22.1 Å². The van der Waals surface area contributed by atoms with Gasteiger partial charge in [-0.3, -0.25) is 4.98 Å². The van der Waals surface area contributed by atoms with Gasteiger partial charge in [-0.2, -0.15) is 0 Å². The van der Waals surface area contributed by atoms with Crippen molar-refractivity contribution in [3.8, 4) is 0 Å². The van der Waals surface area contributed by atoms with E-state index >= 15 is 0 Å². The predicted octanol–water partition coefficient (Wildman–Crippen LogP) is 4.09. The normalized spacial score (nSPS) is 10.7. The zero-order valence-corrected chi connectivity index (χ0v) is 10.8. The van der Waals surface area contributed by atoms with E-state index in [1.165, 1.54) is 10.3 Å². The molecule has 0 bridgehead atoms. The molecule has 2 heterocycles. The number of aromatic nitrogens is 2. The molecule has 0 aliphatic rings. The lowest BCUT2D eigenvalue weighted by Crippen LogP contribution is -1.87. The summed E-state index contributed by atoms with van der Waals surface area (Å²) in [7, 11) is 0. The van der Waals surface area contributed by atoms with Gasteiger partial charge in [0.05, 0.1) is 5.52 Å². The van der Waals surface area contributed by atoms with Gasteiger partial charge in [0.25, 0.3) is 0 Å². The van der Waals surface area contributed by atoms with Crippen LogP contribution in [0, 0.1) is 6.92 Å². The van der Waals surface area contributed by atoms with E-state index in [0.717, 1.165) is 16.2 Å². The van der Waals surface area contributed by atoms with Gasteiger partial charge in [-0.1, -0.05) is 36.0 Å². The zero-order chi connectivity index (χ0) is 12.4. The third-order valence-electron chi connectivity index (χ3n) is 2.66. The summed E-state index contributed by atoms with van der Waals surface area (Å²) in [6.07, 6.45) is 1.82. The van der Waals surface area contributed by atoms with Gasteiger partial charge in [0.2, 0.25) is 0 Å². The van der Waals surface area contributed by atoms with Crippen molar-refractivity contribution in [1.29, 1.82) is 0 Å². The van der Waals surface area contributed by atoms with E-state index in [4.69, 9.17) is 0 Å². The van der Waals surface area contributed by atoms with Crippen LogP contribution in [0.3, 0.4) is 0 Å². The molecule has 0 fully saturated rings. The summed E-state index contributed by atoms with van der Waals surface area (Å²) >= 11 is 1.68. The molecule has 0 N–H and O–H groups in total. The summed E-state index contributed by atoms with van der Waals surface area (Å²) in [6, 6.07) is 16.3. The molecular weight excluding hydrogens is 240 g/mol. The SMILES string of the molecule is Cc1cc(Sc2ccccn2)c2ccccc2n1. The highest BCUT2D eigenvalue weighted by molar-refractivity contribution is 7.99. The van der Waals surface area contributed by atoms with Gasteiger partial charge in [0.15, 0.2) is 0 Å². The fourth-order valence-electron chi connectivity index (χ4n) is 1.87. The first-order valence-electron chi connectivity index (χ1n) is 5.78. The second-order valence-electron chi connectivity index (χ2n) is 4.05. The predicted molar refractivity (Wildman–Crippen MR) is 74.8 cm³/mol. The number of pyridine rings is 2. The summed E-state index contributed by atoms with van der Waals surface area (Å²) < 4.78 is 0. The highest BCUT2D eigenvalue weighted by Gasteiger charge is 2.05. The van der Waals surface area contributed by atoms with Crippen molar-refractivity contribution >= 4 is 22.7 Å². The lowest BCUT2D eigenvalue weighted by Gasteiger charge is -2.06. The monoisotopic (exact) mass is 252 g/mol. The average Bonchev–Trinajstić information content (AvgIpc) is 2.40. The van der Waals surface area contributed by atoms with Gasteiger partial charge in [-0.05, 0) is 31.2 Å². The van der Waals surface area contributed by atoms with Gasteiger partial charge >= 0.3 is 0 Å². The Hall–Kier alpha value is -1.87. The second kappa shape index (κ2) is 4.78. The summed E-state index contributed by atoms with van der Waals surface area (Å²) in [4.78, 5) is 10.1. The van der Waals surface area contributed by atoms with Crippen LogP contribution in [0.5, 0.6) is 0 Å². The van der Waals surface area contributed by atoms with E-state index in [-0.39, 0.29) is 0 Å². The quantitative estimate of drug-likeness (QED) is 0.687. The van der Waals surface area contributed by atoms with Crippen LogP contribution in [0.1, 0.15) is 5.69 Å². The molecular formula is C15H12N2S. The molecule has 0 radical (unpaired) electrons. The smallest absolute Gasteiger partial charge is 0.101 e. The van der Waals surface area contributed by atoms with Gasteiger partial charge in [-0.25, -0.2) is 4.98 Å². The maximum atomic E-state index is 4.54. The molecule has 0 saturated heterocycles. The summed E-state index contributed by atoms with van der Waals surface area (Å²) in [6.45, 7) is 2.02. The van der Waals surface area contributed by atoms with Crippen molar-refractivity contribution in [2.45, 2.75) is 16.8 Å². The van der Waals surface area contributed by atoms with E-state index in [0.29, 0.717) is 0 Å². The molecule has 0 aliphatic heterocycles. The minimum atomic E-state index is 1.01. The number of para-hydroxylation sites is 1. The first-order chi connectivity index (χ1) is 8.83. The zero-order valence-electron chi connectivity index (χ0n) is 10.00. The van der Waals surface area contributed by atoms with Crippen LogP contribution >= 0.6 is 11.8 Å². The van der Waals surface area contributed by atoms with Crippen LogP contribution < -0.4 is 0 Å². The van der Waals surface area contributed by atoms with Gasteiger partial charge in [0.1, 0.15) is 5.03 Å². The van der Waals surface area contributed by atoms with Crippen molar-refractivity contribution in [2.24, 2.45) is 0 Å².